The van der Waals surface area contributed by atoms with Crippen molar-refractivity contribution < 1.29 is 9.59 Å². The zero-order chi connectivity index (χ0) is 18.2. The molecule has 1 aromatic carbocycles. The van der Waals surface area contributed by atoms with Gasteiger partial charge in [0, 0.05) is 39.1 Å². The molecule has 1 saturated carbocycles. The normalized spacial score (nSPS) is 18.2. The lowest BCUT2D eigenvalue weighted by Crippen LogP contribution is -2.45. The van der Waals surface area contributed by atoms with Crippen LogP contribution in [0.3, 0.4) is 0 Å². The Hall–Kier alpha value is -2.04. The van der Waals surface area contributed by atoms with Crippen molar-refractivity contribution in [3.8, 4) is 0 Å². The first-order chi connectivity index (χ1) is 12.7. The summed E-state index contributed by atoms with van der Waals surface area (Å²) in [4.78, 5) is 28.3. The Morgan fingerprint density at radius 3 is 2.58 bits per heavy atom. The first-order valence-electron chi connectivity index (χ1n) is 10.1. The second-order valence-electron chi connectivity index (χ2n) is 7.59. The summed E-state index contributed by atoms with van der Waals surface area (Å²) in [6.07, 6.45) is 7.92. The molecular weight excluding hydrogens is 326 g/mol. The van der Waals surface area contributed by atoms with Gasteiger partial charge in [0.05, 0.1) is 0 Å². The van der Waals surface area contributed by atoms with E-state index in [9.17, 15) is 9.59 Å². The Morgan fingerprint density at radius 2 is 1.88 bits per heavy atom. The van der Waals surface area contributed by atoms with Gasteiger partial charge >= 0.3 is 6.03 Å². The number of hydrogen-bond acceptors (Lipinski definition) is 2. The Kier molecular flexibility index (Phi) is 6.92. The fraction of sp³-hybridized carbons (Fsp3) is 0.619. The minimum absolute atomic E-state index is 0.00827. The second kappa shape index (κ2) is 9.60. The van der Waals surface area contributed by atoms with Gasteiger partial charge in [-0.3, -0.25) is 4.79 Å². The smallest absolute Gasteiger partial charge is 0.317 e. The fourth-order valence-corrected chi connectivity index (χ4v) is 4.05. The number of likely N-dealkylation sites (tertiary alicyclic amines) is 1. The topological polar surface area (TPSA) is 52.7 Å². The Bertz CT molecular complexity index is 584. The van der Waals surface area contributed by atoms with E-state index < -0.39 is 0 Å². The van der Waals surface area contributed by atoms with E-state index in [1.807, 2.05) is 28.0 Å². The molecule has 3 rings (SSSR count). The average Bonchev–Trinajstić information content (AvgIpc) is 3.08. The van der Waals surface area contributed by atoms with Crippen LogP contribution < -0.4 is 5.32 Å². The number of carbonyl (C=O) groups excluding carboxylic acids is 2. The average molecular weight is 357 g/mol. The van der Waals surface area contributed by atoms with Crippen LogP contribution >= 0.6 is 0 Å². The highest BCUT2D eigenvalue weighted by atomic mass is 16.2. The molecule has 2 fully saturated rings. The molecule has 1 saturated heterocycles. The molecule has 3 amide bonds. The molecule has 1 aliphatic carbocycles. The number of carbonyl (C=O) groups is 2. The maximum absolute atomic E-state index is 12.8. The summed E-state index contributed by atoms with van der Waals surface area (Å²) in [6, 6.07) is 10.2. The Labute approximate surface area is 156 Å². The molecular formula is C21H31N3O2. The molecule has 0 bridgehead atoms. The maximum atomic E-state index is 12.8. The summed E-state index contributed by atoms with van der Waals surface area (Å²) >= 11 is 0. The highest BCUT2D eigenvalue weighted by Gasteiger charge is 2.22. The Morgan fingerprint density at radius 1 is 1.12 bits per heavy atom. The van der Waals surface area contributed by atoms with Gasteiger partial charge in [-0.15, -0.1) is 0 Å². The largest absolute Gasteiger partial charge is 0.341 e. The molecule has 0 unspecified atom stereocenters. The maximum Gasteiger partial charge on any atom is 0.317 e. The summed E-state index contributed by atoms with van der Waals surface area (Å²) in [5, 5.41) is 3.03. The standard InChI is InChI=1S/C21H31N3O2/c25-20-12-7-14-23(20)15-13-22-21(26)24(16-18-8-3-1-4-9-18)17-19-10-5-2-6-11-19/h1,3-4,8-9,19H,2,5-7,10-17H2,(H,22,26). The molecule has 5 heteroatoms. The van der Waals surface area contributed by atoms with E-state index in [0.717, 1.165) is 25.1 Å². The van der Waals surface area contributed by atoms with Crippen molar-refractivity contribution in [2.24, 2.45) is 5.92 Å². The van der Waals surface area contributed by atoms with Crippen LogP contribution in [-0.2, 0) is 11.3 Å². The molecule has 142 valence electrons. The molecule has 1 heterocycles. The van der Waals surface area contributed by atoms with E-state index in [-0.39, 0.29) is 11.9 Å². The monoisotopic (exact) mass is 357 g/mol. The zero-order valence-corrected chi connectivity index (χ0v) is 15.7. The number of rotatable bonds is 7. The lowest BCUT2D eigenvalue weighted by Gasteiger charge is -2.30. The first-order valence-corrected chi connectivity index (χ1v) is 10.1. The van der Waals surface area contributed by atoms with Crippen LogP contribution in [0.25, 0.3) is 0 Å². The molecule has 1 aliphatic heterocycles. The third kappa shape index (κ3) is 5.48. The molecule has 1 N–H and O–H groups in total. The van der Waals surface area contributed by atoms with Gasteiger partial charge in [-0.05, 0) is 30.7 Å². The highest BCUT2D eigenvalue weighted by molar-refractivity contribution is 5.78. The van der Waals surface area contributed by atoms with Crippen LogP contribution in [0, 0.1) is 5.92 Å². The number of nitrogens with one attached hydrogen (secondary N) is 1. The second-order valence-corrected chi connectivity index (χ2v) is 7.59. The van der Waals surface area contributed by atoms with E-state index in [2.05, 4.69) is 17.4 Å². The molecule has 2 aliphatic rings. The zero-order valence-electron chi connectivity index (χ0n) is 15.7. The van der Waals surface area contributed by atoms with Gasteiger partial charge in [0.25, 0.3) is 0 Å². The van der Waals surface area contributed by atoms with Gasteiger partial charge in [0.1, 0.15) is 0 Å². The molecule has 0 aromatic heterocycles. The molecule has 26 heavy (non-hydrogen) atoms. The summed E-state index contributed by atoms with van der Waals surface area (Å²) in [7, 11) is 0. The van der Waals surface area contributed by atoms with Gasteiger partial charge < -0.3 is 15.1 Å². The summed E-state index contributed by atoms with van der Waals surface area (Å²) in [5.74, 6) is 0.820. The predicted octanol–water partition coefficient (Wildman–Crippen LogP) is 3.40. The van der Waals surface area contributed by atoms with Crippen LogP contribution in [0.4, 0.5) is 4.79 Å². The molecule has 1 aromatic rings. The van der Waals surface area contributed by atoms with Gasteiger partial charge in [-0.2, -0.15) is 0 Å². The van der Waals surface area contributed by atoms with Crippen molar-refractivity contribution in [2.75, 3.05) is 26.2 Å². The van der Waals surface area contributed by atoms with Crippen LogP contribution in [0.2, 0.25) is 0 Å². The van der Waals surface area contributed by atoms with Crippen molar-refractivity contribution >= 4 is 11.9 Å². The number of nitrogens with zero attached hydrogens (tertiary/aromatic N) is 2. The first kappa shape index (κ1) is 18.7. The third-order valence-corrected chi connectivity index (χ3v) is 5.54. The van der Waals surface area contributed by atoms with Gasteiger partial charge in [-0.25, -0.2) is 4.79 Å². The van der Waals surface area contributed by atoms with Crippen molar-refractivity contribution in [3.63, 3.8) is 0 Å². The number of hydrogen-bond donors (Lipinski definition) is 1. The van der Waals surface area contributed by atoms with Crippen molar-refractivity contribution in [2.45, 2.75) is 51.5 Å². The minimum Gasteiger partial charge on any atom is -0.341 e. The van der Waals surface area contributed by atoms with E-state index >= 15 is 0 Å². The van der Waals surface area contributed by atoms with Gasteiger partial charge in [0.2, 0.25) is 5.91 Å². The van der Waals surface area contributed by atoms with Crippen LogP contribution in [0.1, 0.15) is 50.5 Å². The molecule has 0 radical (unpaired) electrons. The molecule has 5 nitrogen and oxygen atoms in total. The molecule has 0 spiro atoms. The van der Waals surface area contributed by atoms with Crippen LogP contribution in [0.15, 0.2) is 30.3 Å². The van der Waals surface area contributed by atoms with E-state index in [1.165, 1.54) is 32.1 Å². The number of urea groups is 1. The number of benzene rings is 1. The predicted molar refractivity (Wildman–Crippen MR) is 103 cm³/mol. The van der Waals surface area contributed by atoms with E-state index in [0.29, 0.717) is 32.0 Å². The van der Waals surface area contributed by atoms with Gasteiger partial charge in [-0.1, -0.05) is 49.6 Å². The summed E-state index contributed by atoms with van der Waals surface area (Å²) in [6.45, 7) is 3.44. The fourth-order valence-electron chi connectivity index (χ4n) is 4.05. The lowest BCUT2D eigenvalue weighted by molar-refractivity contribution is -0.127. The molecule has 0 atom stereocenters. The van der Waals surface area contributed by atoms with Crippen molar-refractivity contribution in [1.29, 1.82) is 0 Å². The number of amides is 3. The van der Waals surface area contributed by atoms with E-state index in [4.69, 9.17) is 0 Å². The van der Waals surface area contributed by atoms with Crippen molar-refractivity contribution in [1.82, 2.24) is 15.1 Å². The van der Waals surface area contributed by atoms with Gasteiger partial charge in [0.15, 0.2) is 0 Å². The van der Waals surface area contributed by atoms with Crippen LogP contribution in [-0.4, -0.2) is 47.9 Å². The lowest BCUT2D eigenvalue weighted by atomic mass is 9.89. The summed E-state index contributed by atoms with van der Waals surface area (Å²) < 4.78 is 0. The highest BCUT2D eigenvalue weighted by Crippen LogP contribution is 2.25. The van der Waals surface area contributed by atoms with Crippen LogP contribution in [0.5, 0.6) is 0 Å². The minimum atomic E-state index is -0.00827. The third-order valence-electron chi connectivity index (χ3n) is 5.54. The van der Waals surface area contributed by atoms with E-state index in [1.54, 1.807) is 0 Å². The quantitative estimate of drug-likeness (QED) is 0.813. The van der Waals surface area contributed by atoms with Crippen molar-refractivity contribution in [3.05, 3.63) is 35.9 Å². The SMILES string of the molecule is O=C1CCCN1CCNC(=O)N(Cc1ccccc1)CC1CCCCC1. The summed E-state index contributed by atoms with van der Waals surface area (Å²) in [5.41, 5.74) is 1.16. The Balaban J connectivity index is 1.53.